The Kier molecular flexibility index (Phi) is 3.92. The van der Waals surface area contributed by atoms with Crippen LogP contribution in [-0.2, 0) is 9.63 Å². The number of nitrogens with zero attached hydrogens (tertiary/aromatic N) is 1. The van der Waals surface area contributed by atoms with E-state index in [1.54, 1.807) is 0 Å². The second kappa shape index (κ2) is 4.98. The molecule has 0 radical (unpaired) electrons. The van der Waals surface area contributed by atoms with E-state index in [0.717, 1.165) is 30.9 Å². The van der Waals surface area contributed by atoms with Gasteiger partial charge in [-0.15, -0.1) is 0 Å². The molecule has 0 aromatic carbocycles. The Morgan fingerprint density at radius 1 is 1.64 bits per heavy atom. The molecule has 0 heterocycles. The van der Waals surface area contributed by atoms with E-state index >= 15 is 0 Å². The highest BCUT2D eigenvalue weighted by Gasteiger charge is 2.21. The summed E-state index contributed by atoms with van der Waals surface area (Å²) in [6.07, 6.45) is 3.18. The summed E-state index contributed by atoms with van der Waals surface area (Å²) in [5.74, 6) is 0.183. The van der Waals surface area contributed by atoms with Crippen LogP contribution in [0.3, 0.4) is 0 Å². The van der Waals surface area contributed by atoms with E-state index in [0.29, 0.717) is 5.92 Å². The predicted molar refractivity (Wildman–Crippen MR) is 53.2 cm³/mol. The molecule has 4 nitrogen and oxygen atoms in total. The third-order valence-corrected chi connectivity index (χ3v) is 2.59. The van der Waals surface area contributed by atoms with Gasteiger partial charge in [-0.1, -0.05) is 19.0 Å². The highest BCUT2D eigenvalue weighted by atomic mass is 16.6. The average Bonchev–Trinajstić information content (AvgIpc) is 2.08. The molecule has 1 rings (SSSR count). The van der Waals surface area contributed by atoms with Crippen molar-refractivity contribution in [2.75, 3.05) is 6.61 Å². The van der Waals surface area contributed by atoms with Crippen LogP contribution < -0.4 is 0 Å². The fourth-order valence-electron chi connectivity index (χ4n) is 1.80. The van der Waals surface area contributed by atoms with Crippen molar-refractivity contribution in [2.45, 2.75) is 33.1 Å². The zero-order valence-electron chi connectivity index (χ0n) is 8.69. The molecule has 0 saturated heterocycles. The summed E-state index contributed by atoms with van der Waals surface area (Å²) < 4.78 is 0. The van der Waals surface area contributed by atoms with Crippen molar-refractivity contribution in [3.8, 4) is 0 Å². The van der Waals surface area contributed by atoms with Gasteiger partial charge in [0, 0.05) is 0 Å². The summed E-state index contributed by atoms with van der Waals surface area (Å²) in [5.41, 5.74) is 1.00. The van der Waals surface area contributed by atoms with Crippen LogP contribution in [0.5, 0.6) is 0 Å². The number of hydrogen-bond donors (Lipinski definition) is 1. The van der Waals surface area contributed by atoms with Gasteiger partial charge in [0.05, 0.1) is 5.71 Å². The van der Waals surface area contributed by atoms with Crippen molar-refractivity contribution >= 4 is 11.7 Å². The largest absolute Gasteiger partial charge is 0.479 e. The van der Waals surface area contributed by atoms with Crippen LogP contribution >= 0.6 is 0 Å². The second-order valence-corrected chi connectivity index (χ2v) is 4.03. The highest BCUT2D eigenvalue weighted by Crippen LogP contribution is 2.26. The number of hydrogen-bond acceptors (Lipinski definition) is 3. The zero-order chi connectivity index (χ0) is 10.6. The summed E-state index contributed by atoms with van der Waals surface area (Å²) in [4.78, 5) is 14.9. The predicted octanol–water partition coefficient (Wildman–Crippen LogP) is 1.90. The normalized spacial score (nSPS) is 30.3. The third-order valence-electron chi connectivity index (χ3n) is 2.59. The van der Waals surface area contributed by atoms with Gasteiger partial charge in [0.15, 0.2) is 0 Å². The topological polar surface area (TPSA) is 58.9 Å². The first-order valence-corrected chi connectivity index (χ1v) is 5.00. The Hall–Kier alpha value is -1.06. The number of aliphatic carboxylic acids is 1. The summed E-state index contributed by atoms with van der Waals surface area (Å²) >= 11 is 0. The SMILES string of the molecule is CC1CCC(=NOCC(=O)O)C(C)C1. The molecule has 1 N–H and O–H groups in total. The highest BCUT2D eigenvalue weighted by molar-refractivity contribution is 5.86. The van der Waals surface area contributed by atoms with Gasteiger partial charge in [-0.05, 0) is 31.1 Å². The summed E-state index contributed by atoms with van der Waals surface area (Å²) in [5, 5.41) is 12.2. The molecule has 0 bridgehead atoms. The molecule has 4 heteroatoms. The summed E-state index contributed by atoms with van der Waals surface area (Å²) in [7, 11) is 0. The minimum absolute atomic E-state index is 0.341. The van der Waals surface area contributed by atoms with Crippen LogP contribution in [0.15, 0.2) is 5.16 Å². The Morgan fingerprint density at radius 3 is 2.93 bits per heavy atom. The van der Waals surface area contributed by atoms with E-state index in [-0.39, 0.29) is 6.61 Å². The second-order valence-electron chi connectivity index (χ2n) is 4.03. The molecular weight excluding hydrogens is 182 g/mol. The third kappa shape index (κ3) is 3.36. The molecule has 14 heavy (non-hydrogen) atoms. The van der Waals surface area contributed by atoms with Crippen LogP contribution in [0.4, 0.5) is 0 Å². The first kappa shape index (κ1) is 11.0. The Bertz CT molecular complexity index is 238. The molecule has 0 aliphatic heterocycles. The molecule has 1 aliphatic carbocycles. The number of carbonyl (C=O) groups is 1. The average molecular weight is 199 g/mol. The molecule has 0 aromatic heterocycles. The molecule has 0 amide bonds. The molecule has 1 aliphatic rings. The smallest absolute Gasteiger partial charge is 0.344 e. The minimum atomic E-state index is -0.980. The van der Waals surface area contributed by atoms with Crippen LogP contribution in [0.1, 0.15) is 33.1 Å². The zero-order valence-corrected chi connectivity index (χ0v) is 8.69. The van der Waals surface area contributed by atoms with Crippen LogP contribution in [-0.4, -0.2) is 23.4 Å². The first-order valence-electron chi connectivity index (χ1n) is 5.00. The molecule has 1 saturated carbocycles. The fourth-order valence-corrected chi connectivity index (χ4v) is 1.80. The molecular formula is C10H17NO3. The molecule has 1 fully saturated rings. The van der Waals surface area contributed by atoms with Gasteiger partial charge in [0.1, 0.15) is 0 Å². The molecule has 0 aromatic rings. The van der Waals surface area contributed by atoms with Gasteiger partial charge in [0.2, 0.25) is 6.61 Å². The fraction of sp³-hybridized carbons (Fsp3) is 0.800. The summed E-state index contributed by atoms with van der Waals surface area (Å²) in [6.45, 7) is 4.00. The first-order chi connectivity index (χ1) is 6.59. The van der Waals surface area contributed by atoms with Gasteiger partial charge in [-0.2, -0.15) is 0 Å². The number of carboxylic acid groups (broad SMARTS) is 1. The lowest BCUT2D eigenvalue weighted by Gasteiger charge is -2.24. The van der Waals surface area contributed by atoms with Crippen LogP contribution in [0.25, 0.3) is 0 Å². The lowest BCUT2D eigenvalue weighted by molar-refractivity contribution is -0.142. The number of carboxylic acids is 1. The van der Waals surface area contributed by atoms with Gasteiger partial charge in [0.25, 0.3) is 0 Å². The molecule has 0 spiro atoms. The Labute approximate surface area is 83.9 Å². The maximum absolute atomic E-state index is 10.2. The van der Waals surface area contributed by atoms with E-state index in [2.05, 4.69) is 19.0 Å². The Morgan fingerprint density at radius 2 is 2.36 bits per heavy atom. The van der Waals surface area contributed by atoms with Gasteiger partial charge >= 0.3 is 5.97 Å². The van der Waals surface area contributed by atoms with E-state index < -0.39 is 5.97 Å². The van der Waals surface area contributed by atoms with Crippen LogP contribution in [0, 0.1) is 11.8 Å². The lowest BCUT2D eigenvalue weighted by Crippen LogP contribution is -2.22. The molecule has 2 unspecified atom stereocenters. The van der Waals surface area contributed by atoms with Crippen molar-refractivity contribution in [1.82, 2.24) is 0 Å². The van der Waals surface area contributed by atoms with Gasteiger partial charge < -0.3 is 9.94 Å². The van der Waals surface area contributed by atoms with Crippen molar-refractivity contribution in [2.24, 2.45) is 17.0 Å². The van der Waals surface area contributed by atoms with Crippen LogP contribution in [0.2, 0.25) is 0 Å². The number of oxime groups is 1. The minimum Gasteiger partial charge on any atom is -0.479 e. The van der Waals surface area contributed by atoms with E-state index in [4.69, 9.17) is 9.94 Å². The maximum atomic E-state index is 10.2. The van der Waals surface area contributed by atoms with Crippen molar-refractivity contribution in [3.63, 3.8) is 0 Å². The molecule has 80 valence electrons. The number of rotatable bonds is 3. The monoisotopic (exact) mass is 199 g/mol. The van der Waals surface area contributed by atoms with Gasteiger partial charge in [-0.3, -0.25) is 0 Å². The van der Waals surface area contributed by atoms with E-state index in [9.17, 15) is 4.79 Å². The van der Waals surface area contributed by atoms with Gasteiger partial charge in [-0.25, -0.2) is 4.79 Å². The van der Waals surface area contributed by atoms with E-state index in [1.165, 1.54) is 0 Å². The van der Waals surface area contributed by atoms with E-state index in [1.807, 2.05) is 0 Å². The van der Waals surface area contributed by atoms with Crippen molar-refractivity contribution in [3.05, 3.63) is 0 Å². The standard InChI is InChI=1S/C10H17NO3/c1-7-3-4-9(8(2)5-7)11-14-6-10(12)13/h7-8H,3-6H2,1-2H3,(H,12,13). The van der Waals surface area contributed by atoms with Crippen molar-refractivity contribution < 1.29 is 14.7 Å². The lowest BCUT2D eigenvalue weighted by atomic mass is 9.82. The Balaban J connectivity index is 2.39. The maximum Gasteiger partial charge on any atom is 0.344 e. The quantitative estimate of drug-likeness (QED) is 0.706. The summed E-state index contributed by atoms with van der Waals surface area (Å²) in [6, 6.07) is 0. The molecule has 2 atom stereocenters. The van der Waals surface area contributed by atoms with Crippen molar-refractivity contribution in [1.29, 1.82) is 0 Å².